The molecule has 1 amide bonds. The fourth-order valence-corrected chi connectivity index (χ4v) is 6.60. The SMILES string of the molecule is Cc1ccc(C(F)(F)F)cc1-c1ccc(S(=O)(=O)N2c3ccccc3C[C@H]2C(=O)NCc2ccc(C(=O)O)cc2)cc1. The van der Waals surface area contributed by atoms with Crippen molar-refractivity contribution in [3.8, 4) is 11.1 Å². The van der Waals surface area contributed by atoms with Gasteiger partial charge in [-0.2, -0.15) is 13.2 Å². The summed E-state index contributed by atoms with van der Waals surface area (Å²) >= 11 is 0. The fraction of sp³-hybridized carbons (Fsp3) is 0.161. The molecule has 0 aromatic heterocycles. The normalized spacial score (nSPS) is 14.9. The molecule has 0 radical (unpaired) electrons. The number of amides is 1. The first-order valence-electron chi connectivity index (χ1n) is 12.9. The molecule has 0 unspecified atom stereocenters. The minimum Gasteiger partial charge on any atom is -0.478 e. The molecule has 4 aromatic rings. The molecule has 0 saturated heterocycles. The number of carbonyl (C=O) groups excluding carboxylic acids is 1. The standard InChI is InChI=1S/C31H25F3N2O5S/c1-19-6-13-24(31(32,33)34)17-26(19)21-11-14-25(15-12-21)42(40,41)36-27-5-3-2-4-23(27)16-28(36)29(37)35-18-20-7-9-22(10-8-20)30(38)39/h2-15,17,28H,16,18H2,1H3,(H,35,37)(H,38,39)/t28-/m0/s1. The summed E-state index contributed by atoms with van der Waals surface area (Å²) in [5, 5.41) is 11.8. The number of aryl methyl sites for hydroxylation is 1. The maximum Gasteiger partial charge on any atom is 0.416 e. The third-order valence-corrected chi connectivity index (χ3v) is 9.02. The van der Waals surface area contributed by atoms with E-state index in [1.165, 1.54) is 42.5 Å². The van der Waals surface area contributed by atoms with Crippen LogP contribution in [0.5, 0.6) is 0 Å². The Bertz CT molecular complexity index is 1770. The van der Waals surface area contributed by atoms with Crippen molar-refractivity contribution < 1.29 is 36.3 Å². The molecule has 11 heteroatoms. The molecule has 0 saturated carbocycles. The Balaban J connectivity index is 1.42. The summed E-state index contributed by atoms with van der Waals surface area (Å²) in [4.78, 5) is 24.3. The molecule has 1 aliphatic heterocycles. The number of para-hydroxylation sites is 1. The van der Waals surface area contributed by atoms with E-state index in [-0.39, 0.29) is 23.4 Å². The van der Waals surface area contributed by atoms with Crippen molar-refractivity contribution in [2.24, 2.45) is 0 Å². The number of anilines is 1. The van der Waals surface area contributed by atoms with E-state index < -0.39 is 39.7 Å². The Morgan fingerprint density at radius 2 is 1.62 bits per heavy atom. The first kappa shape index (κ1) is 28.9. The van der Waals surface area contributed by atoms with Crippen LogP contribution in [0.1, 0.15) is 32.6 Å². The predicted molar refractivity (Wildman–Crippen MR) is 150 cm³/mol. The van der Waals surface area contributed by atoms with Gasteiger partial charge < -0.3 is 10.4 Å². The summed E-state index contributed by atoms with van der Waals surface area (Å²) < 4.78 is 68.8. The lowest BCUT2D eigenvalue weighted by Crippen LogP contribution is -2.47. The van der Waals surface area contributed by atoms with Crippen LogP contribution < -0.4 is 9.62 Å². The highest BCUT2D eigenvalue weighted by Gasteiger charge is 2.42. The number of fused-ring (bicyclic) bond motifs is 1. The summed E-state index contributed by atoms with van der Waals surface area (Å²) in [6.07, 6.45) is -4.38. The number of nitrogens with zero attached hydrogens (tertiary/aromatic N) is 1. The molecule has 0 bridgehead atoms. The molecule has 0 aliphatic carbocycles. The Labute approximate surface area is 240 Å². The van der Waals surface area contributed by atoms with Gasteiger partial charge in [-0.15, -0.1) is 0 Å². The number of carboxylic acids is 1. The minimum absolute atomic E-state index is 0.0600. The maximum atomic E-state index is 13.9. The van der Waals surface area contributed by atoms with E-state index in [9.17, 15) is 31.2 Å². The second-order valence-electron chi connectivity index (χ2n) is 9.92. The maximum absolute atomic E-state index is 13.9. The molecule has 0 spiro atoms. The molecule has 1 aliphatic rings. The van der Waals surface area contributed by atoms with Gasteiger partial charge in [0.1, 0.15) is 6.04 Å². The molecule has 5 rings (SSSR count). The largest absolute Gasteiger partial charge is 0.478 e. The van der Waals surface area contributed by atoms with Gasteiger partial charge in [-0.1, -0.05) is 48.5 Å². The number of halogens is 3. The van der Waals surface area contributed by atoms with E-state index in [1.807, 2.05) is 0 Å². The van der Waals surface area contributed by atoms with E-state index in [4.69, 9.17) is 5.11 Å². The smallest absolute Gasteiger partial charge is 0.416 e. The van der Waals surface area contributed by atoms with Crippen LogP contribution in [0, 0.1) is 6.92 Å². The van der Waals surface area contributed by atoms with Crippen LogP contribution in [0.25, 0.3) is 11.1 Å². The summed E-state index contributed by atoms with van der Waals surface area (Å²) in [6.45, 7) is 1.73. The summed E-state index contributed by atoms with van der Waals surface area (Å²) in [7, 11) is -4.26. The molecule has 7 nitrogen and oxygen atoms in total. The Morgan fingerprint density at radius 1 is 0.952 bits per heavy atom. The number of nitrogens with one attached hydrogen (secondary N) is 1. The molecule has 2 N–H and O–H groups in total. The van der Waals surface area contributed by atoms with E-state index in [0.29, 0.717) is 33.5 Å². The topological polar surface area (TPSA) is 104 Å². The van der Waals surface area contributed by atoms with Crippen molar-refractivity contribution in [2.75, 3.05) is 4.31 Å². The lowest BCUT2D eigenvalue weighted by Gasteiger charge is -2.26. The third-order valence-electron chi connectivity index (χ3n) is 7.18. The first-order chi connectivity index (χ1) is 19.9. The molecule has 216 valence electrons. The number of sulfonamides is 1. The molecule has 42 heavy (non-hydrogen) atoms. The second-order valence-corrected chi connectivity index (χ2v) is 11.7. The van der Waals surface area contributed by atoms with Gasteiger partial charge in [0, 0.05) is 13.0 Å². The van der Waals surface area contributed by atoms with Crippen LogP contribution >= 0.6 is 0 Å². The zero-order valence-electron chi connectivity index (χ0n) is 22.2. The Hall–Kier alpha value is -4.64. The van der Waals surface area contributed by atoms with Gasteiger partial charge in [-0.05, 0) is 77.2 Å². The molecule has 1 atom stereocenters. The lowest BCUT2D eigenvalue weighted by atomic mass is 9.98. The van der Waals surface area contributed by atoms with Crippen molar-refractivity contribution in [3.05, 3.63) is 119 Å². The van der Waals surface area contributed by atoms with Gasteiger partial charge in [-0.3, -0.25) is 9.10 Å². The van der Waals surface area contributed by atoms with Crippen LogP contribution in [-0.4, -0.2) is 31.4 Å². The van der Waals surface area contributed by atoms with Crippen molar-refractivity contribution in [1.29, 1.82) is 0 Å². The number of hydrogen-bond acceptors (Lipinski definition) is 4. The van der Waals surface area contributed by atoms with Crippen LogP contribution in [0.3, 0.4) is 0 Å². The average Bonchev–Trinajstić information content (AvgIpc) is 3.36. The van der Waals surface area contributed by atoms with Gasteiger partial charge >= 0.3 is 12.1 Å². The van der Waals surface area contributed by atoms with Crippen LogP contribution in [-0.2, 0) is 34.0 Å². The number of carbonyl (C=O) groups is 2. The van der Waals surface area contributed by atoms with Crippen molar-refractivity contribution in [3.63, 3.8) is 0 Å². The number of carboxylic acid groups (broad SMARTS) is 1. The quantitative estimate of drug-likeness (QED) is 0.281. The number of benzene rings is 4. The molecule has 0 fully saturated rings. The number of hydrogen-bond donors (Lipinski definition) is 2. The Morgan fingerprint density at radius 3 is 2.26 bits per heavy atom. The average molecular weight is 595 g/mol. The molecular formula is C31H25F3N2O5S. The van der Waals surface area contributed by atoms with Crippen molar-refractivity contribution in [1.82, 2.24) is 5.32 Å². The summed E-state index contributed by atoms with van der Waals surface area (Å²) in [5.41, 5.74) is 2.31. The molecular weight excluding hydrogens is 569 g/mol. The van der Waals surface area contributed by atoms with E-state index in [1.54, 1.807) is 43.3 Å². The van der Waals surface area contributed by atoms with Gasteiger partial charge in [-0.25, -0.2) is 13.2 Å². The van der Waals surface area contributed by atoms with Gasteiger partial charge in [0.05, 0.1) is 21.7 Å². The van der Waals surface area contributed by atoms with Crippen molar-refractivity contribution >= 4 is 27.6 Å². The number of alkyl halides is 3. The monoisotopic (exact) mass is 594 g/mol. The highest BCUT2D eigenvalue weighted by Crippen LogP contribution is 2.38. The molecule has 1 heterocycles. The van der Waals surface area contributed by atoms with Gasteiger partial charge in [0.15, 0.2) is 0 Å². The van der Waals surface area contributed by atoms with Crippen LogP contribution in [0.4, 0.5) is 18.9 Å². The highest BCUT2D eigenvalue weighted by molar-refractivity contribution is 7.93. The first-order valence-corrected chi connectivity index (χ1v) is 14.3. The minimum atomic E-state index is -4.52. The zero-order valence-corrected chi connectivity index (χ0v) is 23.0. The van der Waals surface area contributed by atoms with E-state index in [0.717, 1.165) is 16.4 Å². The van der Waals surface area contributed by atoms with Gasteiger partial charge in [0.25, 0.3) is 10.0 Å². The molecule has 4 aromatic carbocycles. The number of aromatic carboxylic acids is 1. The van der Waals surface area contributed by atoms with E-state index >= 15 is 0 Å². The van der Waals surface area contributed by atoms with Crippen LogP contribution in [0.2, 0.25) is 0 Å². The second kappa shape index (κ2) is 11.0. The lowest BCUT2D eigenvalue weighted by molar-refractivity contribution is -0.137. The Kier molecular flexibility index (Phi) is 7.55. The highest BCUT2D eigenvalue weighted by atomic mass is 32.2. The third kappa shape index (κ3) is 5.60. The summed E-state index contributed by atoms with van der Waals surface area (Å²) in [6, 6.07) is 20.6. The summed E-state index contributed by atoms with van der Waals surface area (Å²) in [5.74, 6) is -1.61. The van der Waals surface area contributed by atoms with Gasteiger partial charge in [0.2, 0.25) is 5.91 Å². The predicted octanol–water partition coefficient (Wildman–Crippen LogP) is 5.82. The van der Waals surface area contributed by atoms with Crippen LogP contribution in [0.15, 0.2) is 95.9 Å². The van der Waals surface area contributed by atoms with Crippen molar-refractivity contribution in [2.45, 2.75) is 37.0 Å². The zero-order chi connectivity index (χ0) is 30.2. The fourth-order valence-electron chi connectivity index (χ4n) is 4.96. The number of rotatable bonds is 7. The van der Waals surface area contributed by atoms with E-state index in [2.05, 4.69) is 5.32 Å².